The molecular weight excluding hydrogens is 302 g/mol. The zero-order valence-electron chi connectivity index (χ0n) is 13.4. The Hall–Kier alpha value is -2.60. The van der Waals surface area contributed by atoms with E-state index in [1.54, 1.807) is 6.20 Å². The molecule has 1 fully saturated rings. The molecule has 0 aliphatic heterocycles. The summed E-state index contributed by atoms with van der Waals surface area (Å²) in [4.78, 5) is 4.48. The van der Waals surface area contributed by atoms with Crippen molar-refractivity contribution in [3.8, 4) is 11.3 Å². The summed E-state index contributed by atoms with van der Waals surface area (Å²) in [5.74, 6) is 0.502. The number of benzene rings is 1. The highest BCUT2D eigenvalue weighted by molar-refractivity contribution is 5.95. The Morgan fingerprint density at radius 2 is 1.96 bits per heavy atom. The number of hydrogen-bond acceptors (Lipinski definition) is 5. The van der Waals surface area contributed by atoms with Gasteiger partial charge >= 0.3 is 0 Å². The fourth-order valence-corrected chi connectivity index (χ4v) is 3.39. The lowest BCUT2D eigenvalue weighted by Crippen LogP contribution is -2.28. The quantitative estimate of drug-likeness (QED) is 0.594. The Labute approximate surface area is 140 Å². The molecule has 0 unspecified atom stereocenters. The van der Waals surface area contributed by atoms with Gasteiger partial charge in [-0.2, -0.15) is 5.10 Å². The SMILES string of the molecule is Nc1cc(N[C@H]2CC[C@@H](O)CC2)c2ccc(-c3ccn[nH]3)cc2n1. The summed E-state index contributed by atoms with van der Waals surface area (Å²) in [7, 11) is 0. The molecule has 2 heterocycles. The van der Waals surface area contributed by atoms with Gasteiger partial charge in [0, 0.05) is 34.9 Å². The van der Waals surface area contributed by atoms with E-state index in [0.717, 1.165) is 53.5 Å². The Bertz CT molecular complexity index is 838. The molecule has 1 saturated carbocycles. The van der Waals surface area contributed by atoms with Gasteiger partial charge in [-0.3, -0.25) is 5.10 Å². The number of aromatic amines is 1. The molecule has 124 valence electrons. The maximum Gasteiger partial charge on any atom is 0.126 e. The first-order valence-corrected chi connectivity index (χ1v) is 8.33. The summed E-state index contributed by atoms with van der Waals surface area (Å²) in [6.07, 6.45) is 5.21. The summed E-state index contributed by atoms with van der Waals surface area (Å²) >= 11 is 0. The molecule has 0 bridgehead atoms. The average Bonchev–Trinajstić information content (AvgIpc) is 3.11. The van der Waals surface area contributed by atoms with E-state index in [0.29, 0.717) is 11.9 Å². The van der Waals surface area contributed by atoms with Crippen LogP contribution in [0.2, 0.25) is 0 Å². The normalized spacial score (nSPS) is 21.0. The van der Waals surface area contributed by atoms with Crippen molar-refractivity contribution < 1.29 is 5.11 Å². The van der Waals surface area contributed by atoms with E-state index in [9.17, 15) is 5.11 Å². The van der Waals surface area contributed by atoms with Gasteiger partial charge in [0.2, 0.25) is 0 Å². The number of aliphatic hydroxyl groups excluding tert-OH is 1. The van der Waals surface area contributed by atoms with Crippen LogP contribution in [-0.2, 0) is 0 Å². The number of aromatic nitrogens is 3. The minimum atomic E-state index is -0.153. The molecule has 1 aromatic carbocycles. The highest BCUT2D eigenvalue weighted by Gasteiger charge is 2.20. The standard InChI is InChI=1S/C18H21N5O/c19-18-10-17(21-12-2-4-13(24)5-3-12)14-6-1-11(9-16(14)22-18)15-7-8-20-23-15/h1,6-10,12-13,24H,2-5H2,(H,20,23)(H3,19,21,22)/t12-,13+. The summed E-state index contributed by atoms with van der Waals surface area (Å²) in [5.41, 5.74) is 9.87. The molecule has 3 aromatic rings. The molecule has 6 heteroatoms. The van der Waals surface area contributed by atoms with Crippen molar-refractivity contribution in [2.45, 2.75) is 37.8 Å². The minimum Gasteiger partial charge on any atom is -0.393 e. The lowest BCUT2D eigenvalue weighted by atomic mass is 9.93. The minimum absolute atomic E-state index is 0.153. The van der Waals surface area contributed by atoms with Gasteiger partial charge in [-0.15, -0.1) is 0 Å². The predicted molar refractivity (Wildman–Crippen MR) is 95.6 cm³/mol. The third-order valence-electron chi connectivity index (χ3n) is 4.70. The second kappa shape index (κ2) is 6.13. The second-order valence-corrected chi connectivity index (χ2v) is 6.45. The fraction of sp³-hybridized carbons (Fsp3) is 0.333. The predicted octanol–water partition coefficient (Wildman–Crippen LogP) is 2.92. The average molecular weight is 323 g/mol. The maximum atomic E-state index is 9.66. The number of hydrogen-bond donors (Lipinski definition) is 4. The molecule has 4 rings (SSSR count). The molecule has 0 spiro atoms. The van der Waals surface area contributed by atoms with Crippen molar-refractivity contribution in [1.82, 2.24) is 15.2 Å². The summed E-state index contributed by atoms with van der Waals surface area (Å²) in [6.45, 7) is 0. The van der Waals surface area contributed by atoms with Crippen LogP contribution in [0.4, 0.5) is 11.5 Å². The third-order valence-corrected chi connectivity index (χ3v) is 4.70. The molecule has 0 saturated heterocycles. The van der Waals surface area contributed by atoms with Gasteiger partial charge in [0.25, 0.3) is 0 Å². The molecule has 5 N–H and O–H groups in total. The zero-order chi connectivity index (χ0) is 16.5. The largest absolute Gasteiger partial charge is 0.393 e. The molecule has 24 heavy (non-hydrogen) atoms. The maximum absolute atomic E-state index is 9.66. The number of H-pyrrole nitrogens is 1. The summed E-state index contributed by atoms with van der Waals surface area (Å²) in [5, 5.41) is 21.3. The molecule has 2 aromatic heterocycles. The third kappa shape index (κ3) is 2.92. The number of aliphatic hydroxyl groups is 1. The van der Waals surface area contributed by atoms with Crippen molar-refractivity contribution in [1.29, 1.82) is 0 Å². The first-order chi connectivity index (χ1) is 11.7. The first-order valence-electron chi connectivity index (χ1n) is 8.33. The zero-order valence-corrected chi connectivity index (χ0v) is 13.4. The first kappa shape index (κ1) is 15.0. The van der Waals surface area contributed by atoms with Crippen molar-refractivity contribution in [3.63, 3.8) is 0 Å². The number of nitrogen functional groups attached to an aromatic ring is 1. The van der Waals surface area contributed by atoms with Gasteiger partial charge in [-0.05, 0) is 37.8 Å². The Morgan fingerprint density at radius 1 is 1.12 bits per heavy atom. The van der Waals surface area contributed by atoms with Crippen LogP contribution in [0.15, 0.2) is 36.5 Å². The number of nitrogens with two attached hydrogens (primary N) is 1. The van der Waals surface area contributed by atoms with E-state index in [4.69, 9.17) is 5.73 Å². The molecule has 1 aliphatic carbocycles. The van der Waals surface area contributed by atoms with Crippen LogP contribution < -0.4 is 11.1 Å². The van der Waals surface area contributed by atoms with Crippen molar-refractivity contribution in [2.24, 2.45) is 0 Å². The highest BCUT2D eigenvalue weighted by atomic mass is 16.3. The van der Waals surface area contributed by atoms with Gasteiger partial charge in [-0.1, -0.05) is 12.1 Å². The number of fused-ring (bicyclic) bond motifs is 1. The Kier molecular flexibility index (Phi) is 3.82. The van der Waals surface area contributed by atoms with E-state index in [2.05, 4.69) is 32.6 Å². The summed E-state index contributed by atoms with van der Waals surface area (Å²) < 4.78 is 0. The molecule has 1 aliphatic rings. The van der Waals surface area contributed by atoms with Gasteiger partial charge in [0.15, 0.2) is 0 Å². The number of nitrogens with one attached hydrogen (secondary N) is 2. The second-order valence-electron chi connectivity index (χ2n) is 6.45. The molecular formula is C18H21N5O. The number of nitrogens with zero attached hydrogens (tertiary/aromatic N) is 2. The number of rotatable bonds is 3. The summed E-state index contributed by atoms with van der Waals surface area (Å²) in [6, 6.07) is 10.3. The van der Waals surface area contributed by atoms with Crippen LogP contribution in [0.25, 0.3) is 22.2 Å². The van der Waals surface area contributed by atoms with E-state index >= 15 is 0 Å². The van der Waals surface area contributed by atoms with Crippen LogP contribution in [0.1, 0.15) is 25.7 Å². The lowest BCUT2D eigenvalue weighted by molar-refractivity contribution is 0.126. The van der Waals surface area contributed by atoms with Gasteiger partial charge in [-0.25, -0.2) is 4.98 Å². The molecule has 0 atom stereocenters. The smallest absolute Gasteiger partial charge is 0.126 e. The fourth-order valence-electron chi connectivity index (χ4n) is 3.39. The van der Waals surface area contributed by atoms with E-state index in [1.807, 2.05) is 18.2 Å². The topological polar surface area (TPSA) is 99.9 Å². The highest BCUT2D eigenvalue weighted by Crippen LogP contribution is 2.30. The molecule has 6 nitrogen and oxygen atoms in total. The monoisotopic (exact) mass is 323 g/mol. The number of anilines is 2. The van der Waals surface area contributed by atoms with Gasteiger partial charge in [0.1, 0.15) is 5.82 Å². The van der Waals surface area contributed by atoms with Crippen LogP contribution >= 0.6 is 0 Å². The molecule has 0 radical (unpaired) electrons. The Morgan fingerprint density at radius 3 is 2.71 bits per heavy atom. The van der Waals surface area contributed by atoms with E-state index in [-0.39, 0.29) is 6.10 Å². The number of pyridine rings is 1. The van der Waals surface area contributed by atoms with E-state index < -0.39 is 0 Å². The van der Waals surface area contributed by atoms with Crippen LogP contribution in [0.5, 0.6) is 0 Å². The lowest BCUT2D eigenvalue weighted by Gasteiger charge is -2.27. The van der Waals surface area contributed by atoms with Crippen LogP contribution in [-0.4, -0.2) is 32.4 Å². The van der Waals surface area contributed by atoms with Crippen molar-refractivity contribution >= 4 is 22.4 Å². The van der Waals surface area contributed by atoms with Crippen molar-refractivity contribution in [2.75, 3.05) is 11.1 Å². The molecule has 0 amide bonds. The Balaban J connectivity index is 1.68. The van der Waals surface area contributed by atoms with Gasteiger partial charge in [0.05, 0.1) is 17.3 Å². The van der Waals surface area contributed by atoms with Gasteiger partial charge < -0.3 is 16.2 Å². The van der Waals surface area contributed by atoms with Crippen LogP contribution in [0.3, 0.4) is 0 Å². The van der Waals surface area contributed by atoms with E-state index in [1.165, 1.54) is 0 Å². The van der Waals surface area contributed by atoms with Crippen molar-refractivity contribution in [3.05, 3.63) is 36.5 Å². The van der Waals surface area contributed by atoms with Crippen LogP contribution in [0, 0.1) is 0 Å².